The summed E-state index contributed by atoms with van der Waals surface area (Å²) in [7, 11) is 0. The van der Waals surface area contributed by atoms with Crippen LogP contribution < -0.4 is 5.48 Å². The molecule has 0 saturated heterocycles. The topological polar surface area (TPSA) is 71.7 Å². The van der Waals surface area contributed by atoms with Gasteiger partial charge in [-0.15, -0.1) is 0 Å². The van der Waals surface area contributed by atoms with E-state index in [1.165, 1.54) is 12.3 Å². The second kappa shape index (κ2) is 5.53. The van der Waals surface area contributed by atoms with Crippen molar-refractivity contribution in [1.82, 2.24) is 5.48 Å². The van der Waals surface area contributed by atoms with Gasteiger partial charge in [0.2, 0.25) is 0 Å². The minimum absolute atomic E-state index is 0.163. The second-order valence-corrected chi connectivity index (χ2v) is 3.59. The lowest BCUT2D eigenvalue weighted by atomic mass is 10.2. The van der Waals surface area contributed by atoms with Gasteiger partial charge in [0.05, 0.1) is 19.4 Å². The Labute approximate surface area is 88.0 Å². The summed E-state index contributed by atoms with van der Waals surface area (Å²) >= 11 is 0. The van der Waals surface area contributed by atoms with E-state index in [1.807, 2.05) is 13.8 Å². The Hall–Kier alpha value is -1.33. The molecule has 0 spiro atoms. The Morgan fingerprint density at radius 3 is 3.00 bits per heavy atom. The molecule has 0 saturated carbocycles. The molecule has 0 aliphatic carbocycles. The third-order valence-corrected chi connectivity index (χ3v) is 1.73. The van der Waals surface area contributed by atoms with Crippen LogP contribution in [0.25, 0.3) is 0 Å². The van der Waals surface area contributed by atoms with Gasteiger partial charge < -0.3 is 14.4 Å². The third kappa shape index (κ3) is 3.73. The molecular formula is C10H15NO4. The highest BCUT2D eigenvalue weighted by molar-refractivity contribution is 5.88. The quantitative estimate of drug-likeness (QED) is 0.555. The number of carbonyl (C=O) groups is 1. The number of nitrogens with one attached hydrogen (secondary N) is 1. The zero-order valence-electron chi connectivity index (χ0n) is 8.82. The van der Waals surface area contributed by atoms with Crippen molar-refractivity contribution in [3.8, 4) is 0 Å². The summed E-state index contributed by atoms with van der Waals surface area (Å²) in [4.78, 5) is 15.8. The predicted molar refractivity (Wildman–Crippen MR) is 53.3 cm³/mol. The number of aromatic carboxylic acids is 1. The molecule has 5 nitrogen and oxygen atoms in total. The van der Waals surface area contributed by atoms with Crippen molar-refractivity contribution in [2.75, 3.05) is 6.61 Å². The molecule has 1 aromatic heterocycles. The summed E-state index contributed by atoms with van der Waals surface area (Å²) in [6, 6.07) is 1.42. The Morgan fingerprint density at radius 2 is 2.40 bits per heavy atom. The van der Waals surface area contributed by atoms with Crippen molar-refractivity contribution in [3.05, 3.63) is 23.7 Å². The van der Waals surface area contributed by atoms with Crippen LogP contribution in [0.1, 0.15) is 30.0 Å². The minimum atomic E-state index is -0.996. The van der Waals surface area contributed by atoms with Crippen LogP contribution in [0, 0.1) is 5.92 Å². The highest BCUT2D eigenvalue weighted by Crippen LogP contribution is 2.09. The Balaban J connectivity index is 2.37. The first-order valence-corrected chi connectivity index (χ1v) is 4.75. The molecule has 0 amide bonds. The SMILES string of the molecule is CC(C)CONCc1occc1C(=O)O. The third-order valence-electron chi connectivity index (χ3n) is 1.73. The zero-order chi connectivity index (χ0) is 11.3. The van der Waals surface area contributed by atoms with Crippen molar-refractivity contribution in [2.24, 2.45) is 5.92 Å². The van der Waals surface area contributed by atoms with Gasteiger partial charge in [-0.2, -0.15) is 5.48 Å². The summed E-state index contributed by atoms with van der Waals surface area (Å²) in [6.07, 6.45) is 1.35. The maximum Gasteiger partial charge on any atom is 0.339 e. The van der Waals surface area contributed by atoms with Crippen LogP contribution in [0.5, 0.6) is 0 Å². The molecule has 2 N–H and O–H groups in total. The summed E-state index contributed by atoms with van der Waals surface area (Å²) in [6.45, 7) is 4.87. The van der Waals surface area contributed by atoms with Gasteiger partial charge in [0, 0.05) is 0 Å². The van der Waals surface area contributed by atoms with Crippen LogP contribution in [0.4, 0.5) is 0 Å². The molecule has 0 unspecified atom stereocenters. The largest absolute Gasteiger partial charge is 0.478 e. The van der Waals surface area contributed by atoms with Crippen LogP contribution in [0.3, 0.4) is 0 Å². The normalized spacial score (nSPS) is 10.9. The Bertz CT molecular complexity index is 319. The van der Waals surface area contributed by atoms with Crippen LogP contribution in [-0.4, -0.2) is 17.7 Å². The fourth-order valence-electron chi connectivity index (χ4n) is 1.01. The monoisotopic (exact) mass is 213 g/mol. The molecule has 1 heterocycles. The van der Waals surface area contributed by atoms with E-state index in [1.54, 1.807) is 0 Å². The van der Waals surface area contributed by atoms with Crippen LogP contribution >= 0.6 is 0 Å². The molecule has 0 radical (unpaired) electrons. The number of furan rings is 1. The van der Waals surface area contributed by atoms with Crippen LogP contribution in [0.2, 0.25) is 0 Å². The van der Waals surface area contributed by atoms with Crippen molar-refractivity contribution < 1.29 is 19.2 Å². The maximum atomic E-state index is 10.7. The molecule has 0 aromatic carbocycles. The lowest BCUT2D eigenvalue weighted by Gasteiger charge is -2.06. The number of rotatable bonds is 6. The predicted octanol–water partition coefficient (Wildman–Crippen LogP) is 1.66. The van der Waals surface area contributed by atoms with Gasteiger partial charge in [0.1, 0.15) is 11.3 Å². The van der Waals surface area contributed by atoms with Gasteiger partial charge in [-0.1, -0.05) is 13.8 Å². The smallest absolute Gasteiger partial charge is 0.339 e. The van der Waals surface area contributed by atoms with E-state index in [2.05, 4.69) is 5.48 Å². The van der Waals surface area contributed by atoms with Gasteiger partial charge in [-0.25, -0.2) is 4.79 Å². The Morgan fingerprint density at radius 1 is 1.67 bits per heavy atom. The van der Waals surface area contributed by atoms with Crippen molar-refractivity contribution in [1.29, 1.82) is 0 Å². The molecular weight excluding hydrogens is 198 g/mol. The van der Waals surface area contributed by atoms with E-state index >= 15 is 0 Å². The standard InChI is InChI=1S/C10H15NO4/c1-7(2)6-15-11-5-9-8(10(12)13)3-4-14-9/h3-4,7,11H,5-6H2,1-2H3,(H,12,13). The molecule has 84 valence electrons. The lowest BCUT2D eigenvalue weighted by Crippen LogP contribution is -2.18. The van der Waals surface area contributed by atoms with Crippen molar-refractivity contribution >= 4 is 5.97 Å². The molecule has 1 rings (SSSR count). The molecule has 0 fully saturated rings. The van der Waals surface area contributed by atoms with Gasteiger partial charge in [0.15, 0.2) is 0 Å². The average molecular weight is 213 g/mol. The number of carboxylic acid groups (broad SMARTS) is 1. The maximum absolute atomic E-state index is 10.7. The molecule has 0 atom stereocenters. The number of hydrogen-bond donors (Lipinski definition) is 2. The van der Waals surface area contributed by atoms with Crippen LogP contribution in [-0.2, 0) is 11.4 Å². The highest BCUT2D eigenvalue weighted by Gasteiger charge is 2.12. The van der Waals surface area contributed by atoms with E-state index in [0.29, 0.717) is 18.3 Å². The summed E-state index contributed by atoms with van der Waals surface area (Å²) in [5.74, 6) is -0.205. The van der Waals surface area contributed by atoms with Crippen LogP contribution in [0.15, 0.2) is 16.7 Å². The van der Waals surface area contributed by atoms with Crippen molar-refractivity contribution in [2.45, 2.75) is 20.4 Å². The Kier molecular flexibility index (Phi) is 4.33. The van der Waals surface area contributed by atoms with Gasteiger partial charge >= 0.3 is 5.97 Å². The molecule has 0 aliphatic rings. The van der Waals surface area contributed by atoms with Gasteiger partial charge in [-0.3, -0.25) is 0 Å². The fourth-order valence-corrected chi connectivity index (χ4v) is 1.01. The summed E-state index contributed by atoms with van der Waals surface area (Å²) in [5, 5.41) is 8.77. The number of carboxylic acids is 1. The van der Waals surface area contributed by atoms with E-state index in [0.717, 1.165) is 0 Å². The van der Waals surface area contributed by atoms with E-state index < -0.39 is 5.97 Å². The van der Waals surface area contributed by atoms with Gasteiger partial charge in [0.25, 0.3) is 0 Å². The first kappa shape index (κ1) is 11.7. The summed E-state index contributed by atoms with van der Waals surface area (Å²) < 4.78 is 5.01. The molecule has 0 aliphatic heterocycles. The lowest BCUT2D eigenvalue weighted by molar-refractivity contribution is 0.0162. The molecule has 5 heteroatoms. The fraction of sp³-hybridized carbons (Fsp3) is 0.500. The second-order valence-electron chi connectivity index (χ2n) is 3.59. The first-order valence-electron chi connectivity index (χ1n) is 4.75. The summed E-state index contributed by atoms with van der Waals surface area (Å²) in [5.41, 5.74) is 2.82. The minimum Gasteiger partial charge on any atom is -0.478 e. The number of hydrogen-bond acceptors (Lipinski definition) is 4. The number of hydroxylamine groups is 1. The molecule has 1 aromatic rings. The van der Waals surface area contributed by atoms with E-state index in [-0.39, 0.29) is 12.1 Å². The highest BCUT2D eigenvalue weighted by atomic mass is 16.6. The van der Waals surface area contributed by atoms with E-state index in [9.17, 15) is 4.79 Å². The van der Waals surface area contributed by atoms with Gasteiger partial charge in [-0.05, 0) is 12.0 Å². The molecule has 0 bridgehead atoms. The average Bonchev–Trinajstić information content (AvgIpc) is 2.60. The van der Waals surface area contributed by atoms with Crippen molar-refractivity contribution in [3.63, 3.8) is 0 Å². The molecule has 15 heavy (non-hydrogen) atoms. The zero-order valence-corrected chi connectivity index (χ0v) is 8.82. The van der Waals surface area contributed by atoms with E-state index in [4.69, 9.17) is 14.4 Å². The first-order chi connectivity index (χ1) is 7.11.